The number of sulfonamides is 1. The molecular weight excluding hydrogens is 336 g/mol. The number of guanidine groups is 1. The Hall–Kier alpha value is -2.04. The molecule has 0 bridgehead atoms. The summed E-state index contributed by atoms with van der Waals surface area (Å²) < 4.78 is 37.5. The molecule has 0 fully saturated rings. The number of β-amino-alcohol motifs (C(OH)–C–C–N with tert-alkyl or cyclic N) is 1. The zero-order valence-electron chi connectivity index (χ0n) is 13.8. The minimum Gasteiger partial charge on any atom is -0.493 e. The highest BCUT2D eigenvalue weighted by Gasteiger charge is 2.21. The first-order chi connectivity index (χ1) is 11.4. The molecule has 1 atom stereocenters. The Bertz CT molecular complexity index is 705. The third kappa shape index (κ3) is 4.49. The van der Waals surface area contributed by atoms with Crippen molar-refractivity contribution in [2.45, 2.75) is 17.9 Å². The van der Waals surface area contributed by atoms with Crippen LogP contribution >= 0.6 is 0 Å². The molecule has 134 valence electrons. The maximum Gasteiger partial charge on any atom is 0.264 e. The lowest BCUT2D eigenvalue weighted by Gasteiger charge is -2.27. The first kappa shape index (κ1) is 18.3. The number of nitrogens with zero attached hydrogens (tertiary/aromatic N) is 2. The highest BCUT2D eigenvalue weighted by molar-refractivity contribution is 7.90. The summed E-state index contributed by atoms with van der Waals surface area (Å²) in [6.45, 7) is 2.81. The third-order valence-corrected chi connectivity index (χ3v) is 4.65. The van der Waals surface area contributed by atoms with Crippen molar-refractivity contribution in [2.75, 3.05) is 34.1 Å². The Kier molecular flexibility index (Phi) is 5.86. The normalized spacial score (nSPS) is 16.8. The van der Waals surface area contributed by atoms with E-state index >= 15 is 0 Å². The zero-order chi connectivity index (χ0) is 17.7. The summed E-state index contributed by atoms with van der Waals surface area (Å²) in [5.74, 6) is 0.923. The molecule has 1 aliphatic rings. The van der Waals surface area contributed by atoms with E-state index in [1.165, 1.54) is 32.4 Å². The van der Waals surface area contributed by atoms with E-state index in [0.717, 1.165) is 0 Å². The van der Waals surface area contributed by atoms with Gasteiger partial charge in [-0.05, 0) is 19.1 Å². The summed E-state index contributed by atoms with van der Waals surface area (Å²) in [6, 6.07) is 4.32. The van der Waals surface area contributed by atoms with Gasteiger partial charge in [0.15, 0.2) is 11.5 Å². The van der Waals surface area contributed by atoms with Crippen molar-refractivity contribution in [2.24, 2.45) is 4.99 Å². The standard InChI is InChI=1S/C14H22N4O5S/c1-10(19)7-18-8-15-14(16-9-18)17-24(20,21)11-4-5-12(22-2)13(6-11)23-3/h4-6,10,19H,7-9H2,1-3H3,(H2,15,16,17). The molecule has 9 nitrogen and oxygen atoms in total. The molecule has 1 heterocycles. The molecule has 10 heteroatoms. The Labute approximate surface area is 141 Å². The van der Waals surface area contributed by atoms with Gasteiger partial charge in [-0.2, -0.15) is 0 Å². The first-order valence-corrected chi connectivity index (χ1v) is 8.77. The minimum absolute atomic E-state index is 0.0380. The van der Waals surface area contributed by atoms with E-state index in [1.54, 1.807) is 6.92 Å². The molecule has 3 N–H and O–H groups in total. The summed E-state index contributed by atoms with van der Waals surface area (Å²) >= 11 is 0. The van der Waals surface area contributed by atoms with E-state index in [4.69, 9.17) is 9.47 Å². The highest BCUT2D eigenvalue weighted by Crippen LogP contribution is 2.29. The number of methoxy groups -OCH3 is 2. The molecule has 0 saturated carbocycles. The topological polar surface area (TPSA) is 112 Å². The van der Waals surface area contributed by atoms with Crippen LogP contribution in [0.3, 0.4) is 0 Å². The summed E-state index contributed by atoms with van der Waals surface area (Å²) in [4.78, 5) is 6.01. The minimum atomic E-state index is -3.80. The average Bonchev–Trinajstić information content (AvgIpc) is 2.55. The lowest BCUT2D eigenvalue weighted by Crippen LogP contribution is -2.51. The fourth-order valence-electron chi connectivity index (χ4n) is 2.20. The van der Waals surface area contributed by atoms with E-state index in [-0.39, 0.29) is 10.9 Å². The van der Waals surface area contributed by atoms with Crippen LogP contribution in [0.1, 0.15) is 6.92 Å². The van der Waals surface area contributed by atoms with Crippen molar-refractivity contribution in [1.82, 2.24) is 14.9 Å². The van der Waals surface area contributed by atoms with Gasteiger partial charge in [-0.15, -0.1) is 0 Å². The molecular formula is C14H22N4O5S. The van der Waals surface area contributed by atoms with Crippen LogP contribution in [0.25, 0.3) is 0 Å². The van der Waals surface area contributed by atoms with Gasteiger partial charge in [0.05, 0.1) is 38.6 Å². The summed E-state index contributed by atoms with van der Waals surface area (Å²) in [7, 11) is -0.893. The number of aliphatic imine (C=N–C) groups is 1. The number of hydrogen-bond acceptors (Lipinski definition) is 8. The lowest BCUT2D eigenvalue weighted by molar-refractivity contribution is 0.123. The highest BCUT2D eigenvalue weighted by atomic mass is 32.2. The van der Waals surface area contributed by atoms with Gasteiger partial charge in [-0.3, -0.25) is 4.90 Å². The average molecular weight is 358 g/mol. The van der Waals surface area contributed by atoms with Gasteiger partial charge in [0.2, 0.25) is 5.96 Å². The number of nitrogens with one attached hydrogen (secondary N) is 2. The van der Waals surface area contributed by atoms with E-state index in [9.17, 15) is 13.5 Å². The number of benzene rings is 1. The molecule has 0 spiro atoms. The number of aliphatic hydroxyl groups is 1. The van der Waals surface area contributed by atoms with Crippen LogP contribution < -0.4 is 19.5 Å². The molecule has 1 aliphatic heterocycles. The van der Waals surface area contributed by atoms with Gasteiger partial charge in [0.25, 0.3) is 10.0 Å². The molecule has 1 unspecified atom stereocenters. The largest absolute Gasteiger partial charge is 0.493 e. The summed E-state index contributed by atoms with van der Waals surface area (Å²) in [5.41, 5.74) is 0. The molecule has 0 aliphatic carbocycles. The van der Waals surface area contributed by atoms with Crippen LogP contribution in [0, 0.1) is 0 Å². The number of ether oxygens (including phenoxy) is 2. The van der Waals surface area contributed by atoms with Crippen molar-refractivity contribution >= 4 is 16.0 Å². The van der Waals surface area contributed by atoms with E-state index in [1.807, 2.05) is 4.90 Å². The lowest BCUT2D eigenvalue weighted by atomic mass is 10.3. The number of rotatable bonds is 6. The van der Waals surface area contributed by atoms with E-state index in [0.29, 0.717) is 31.4 Å². The second kappa shape index (κ2) is 7.69. The summed E-state index contributed by atoms with van der Waals surface area (Å²) in [6.07, 6.45) is -0.480. The maximum absolute atomic E-state index is 12.4. The first-order valence-electron chi connectivity index (χ1n) is 7.29. The predicted molar refractivity (Wildman–Crippen MR) is 88.6 cm³/mol. The number of aliphatic hydroxyl groups excluding tert-OH is 1. The van der Waals surface area contributed by atoms with Gasteiger partial charge >= 0.3 is 0 Å². The van der Waals surface area contributed by atoms with Crippen LogP contribution in [0.15, 0.2) is 28.1 Å². The second-order valence-electron chi connectivity index (χ2n) is 5.31. The van der Waals surface area contributed by atoms with Gasteiger partial charge < -0.3 is 19.9 Å². The molecule has 24 heavy (non-hydrogen) atoms. The molecule has 0 radical (unpaired) electrons. The van der Waals surface area contributed by atoms with E-state index in [2.05, 4.69) is 15.0 Å². The molecule has 0 aromatic heterocycles. The van der Waals surface area contributed by atoms with Crippen molar-refractivity contribution in [3.8, 4) is 11.5 Å². The molecule has 1 aromatic rings. The van der Waals surface area contributed by atoms with Gasteiger partial charge in [-0.1, -0.05) is 0 Å². The molecule has 2 rings (SSSR count). The van der Waals surface area contributed by atoms with Crippen LogP contribution in [0.2, 0.25) is 0 Å². The molecule has 1 aromatic carbocycles. The van der Waals surface area contributed by atoms with Crippen molar-refractivity contribution < 1.29 is 23.0 Å². The summed E-state index contributed by atoms with van der Waals surface area (Å²) in [5, 5.41) is 12.2. The fraction of sp³-hybridized carbons (Fsp3) is 0.500. The zero-order valence-corrected chi connectivity index (χ0v) is 14.6. The van der Waals surface area contributed by atoms with Crippen LogP contribution in [0.4, 0.5) is 0 Å². The van der Waals surface area contributed by atoms with Gasteiger partial charge in [0, 0.05) is 12.6 Å². The molecule has 0 amide bonds. The molecule has 0 saturated heterocycles. The van der Waals surface area contributed by atoms with E-state index < -0.39 is 16.1 Å². The SMILES string of the molecule is COc1ccc(S(=O)(=O)NC2=NCN(CC(C)O)CN2)cc1OC. The van der Waals surface area contributed by atoms with Gasteiger partial charge in [-0.25, -0.2) is 18.1 Å². The smallest absolute Gasteiger partial charge is 0.264 e. The Morgan fingerprint density at radius 2 is 2.08 bits per heavy atom. The van der Waals surface area contributed by atoms with Crippen LogP contribution in [-0.2, 0) is 10.0 Å². The monoisotopic (exact) mass is 358 g/mol. The van der Waals surface area contributed by atoms with Crippen molar-refractivity contribution in [1.29, 1.82) is 0 Å². The van der Waals surface area contributed by atoms with Gasteiger partial charge in [0.1, 0.15) is 0 Å². The second-order valence-corrected chi connectivity index (χ2v) is 6.99. The van der Waals surface area contributed by atoms with Crippen molar-refractivity contribution in [3.63, 3.8) is 0 Å². The van der Waals surface area contributed by atoms with Crippen molar-refractivity contribution in [3.05, 3.63) is 18.2 Å². The third-order valence-electron chi connectivity index (χ3n) is 3.32. The predicted octanol–water partition coefficient (Wildman–Crippen LogP) is -0.461. The van der Waals surface area contributed by atoms with Crippen LogP contribution in [0.5, 0.6) is 11.5 Å². The Balaban J connectivity index is 2.10. The van der Waals surface area contributed by atoms with Crippen LogP contribution in [-0.4, -0.2) is 64.6 Å². The maximum atomic E-state index is 12.4. The fourth-order valence-corrected chi connectivity index (χ4v) is 3.22. The quantitative estimate of drug-likeness (QED) is 0.631. The Morgan fingerprint density at radius 3 is 2.62 bits per heavy atom. The number of hydrogen-bond donors (Lipinski definition) is 3. The Morgan fingerprint density at radius 1 is 1.38 bits per heavy atom.